The van der Waals surface area contributed by atoms with Crippen LogP contribution in [0.2, 0.25) is 0 Å². The summed E-state index contributed by atoms with van der Waals surface area (Å²) in [6.45, 7) is -3.37. The summed E-state index contributed by atoms with van der Waals surface area (Å²) in [7, 11) is 0. The second kappa shape index (κ2) is 12.2. The second-order valence-corrected chi connectivity index (χ2v) is 5.25. The second-order valence-electron chi connectivity index (χ2n) is 5.25. The molecule has 0 aromatic rings. The lowest BCUT2D eigenvalue weighted by Gasteiger charge is -2.17. The summed E-state index contributed by atoms with van der Waals surface area (Å²) >= 11 is 0. The van der Waals surface area contributed by atoms with Crippen LogP contribution in [-0.4, -0.2) is 89.0 Å². The largest absolute Gasteiger partial charge is 0.465 e. The van der Waals surface area contributed by atoms with Gasteiger partial charge in [-0.2, -0.15) is 43.9 Å². The minimum Gasteiger partial charge on any atom is -0.459 e. The van der Waals surface area contributed by atoms with Crippen LogP contribution < -0.4 is 0 Å². The third-order valence-electron chi connectivity index (χ3n) is 2.89. The van der Waals surface area contributed by atoms with Gasteiger partial charge in [-0.25, -0.2) is 9.59 Å². The van der Waals surface area contributed by atoms with Crippen LogP contribution in [0, 0.1) is 0 Å². The molecule has 184 valence electrons. The Bertz CT molecular complexity index is 515. The zero-order valence-electron chi connectivity index (χ0n) is 15.3. The minimum atomic E-state index is -6.09. The zero-order chi connectivity index (χ0) is 24.3. The lowest BCUT2D eigenvalue weighted by atomic mass is 10.3. The molecule has 0 fully saturated rings. The van der Waals surface area contributed by atoms with Gasteiger partial charge in [0.25, 0.3) is 0 Å². The molecule has 0 aliphatic carbocycles. The lowest BCUT2D eigenvalue weighted by Crippen LogP contribution is -2.45. The van der Waals surface area contributed by atoms with E-state index in [1.54, 1.807) is 0 Å². The molecular weight excluding hydrogens is 470 g/mol. The standard InChI is InChI=1S/C14H16F10O7/c15-11(16,13(19,20)21)9(25)30-7-5-28-3-1-27-2-4-29-6-8-31-10(26)12(17,18)14(22,23)24/h1-8H2. The lowest BCUT2D eigenvalue weighted by molar-refractivity contribution is -0.281. The van der Waals surface area contributed by atoms with Crippen molar-refractivity contribution >= 4 is 11.9 Å². The first kappa shape index (κ1) is 29.1. The normalized spacial score (nSPS) is 13.2. The SMILES string of the molecule is O=C(OCCOCCOCCOCCOC(=O)C(F)(F)C(F)(F)F)C(F)(F)C(F)(F)F. The van der Waals surface area contributed by atoms with Crippen molar-refractivity contribution in [1.29, 1.82) is 0 Å². The van der Waals surface area contributed by atoms with E-state index in [2.05, 4.69) is 9.47 Å². The molecule has 0 unspecified atom stereocenters. The van der Waals surface area contributed by atoms with E-state index in [9.17, 15) is 53.5 Å². The van der Waals surface area contributed by atoms with Crippen LogP contribution in [0.15, 0.2) is 0 Å². The molecule has 17 heteroatoms. The van der Waals surface area contributed by atoms with Gasteiger partial charge in [-0.3, -0.25) is 0 Å². The fraction of sp³-hybridized carbons (Fsp3) is 0.857. The fourth-order valence-electron chi connectivity index (χ4n) is 1.34. The highest BCUT2D eigenvalue weighted by molar-refractivity contribution is 5.79. The van der Waals surface area contributed by atoms with Crippen LogP contribution in [0.5, 0.6) is 0 Å². The predicted molar refractivity (Wildman–Crippen MR) is 76.4 cm³/mol. The number of alkyl halides is 10. The Kier molecular flexibility index (Phi) is 11.5. The molecule has 0 aromatic carbocycles. The predicted octanol–water partition coefficient (Wildman–Crippen LogP) is 2.52. The number of hydrogen-bond donors (Lipinski definition) is 0. The van der Waals surface area contributed by atoms with Crippen LogP contribution >= 0.6 is 0 Å². The summed E-state index contributed by atoms with van der Waals surface area (Å²) in [5.74, 6) is -16.8. The van der Waals surface area contributed by atoms with E-state index < -0.39 is 62.6 Å². The summed E-state index contributed by atoms with van der Waals surface area (Å²) in [4.78, 5) is 21.2. The van der Waals surface area contributed by atoms with Crippen LogP contribution in [-0.2, 0) is 33.3 Å². The smallest absolute Gasteiger partial charge is 0.459 e. The Morgan fingerprint density at radius 2 is 0.677 bits per heavy atom. The molecule has 31 heavy (non-hydrogen) atoms. The molecule has 0 atom stereocenters. The van der Waals surface area contributed by atoms with E-state index in [4.69, 9.17) is 14.2 Å². The van der Waals surface area contributed by atoms with Crippen molar-refractivity contribution in [1.82, 2.24) is 0 Å². The molecule has 0 saturated heterocycles. The number of esters is 2. The maximum Gasteiger partial charge on any atom is 0.465 e. The van der Waals surface area contributed by atoms with Crippen LogP contribution in [0.1, 0.15) is 0 Å². The van der Waals surface area contributed by atoms with Crippen molar-refractivity contribution in [2.24, 2.45) is 0 Å². The molecule has 0 amide bonds. The average molecular weight is 486 g/mol. The Hall–Kier alpha value is -1.88. The monoisotopic (exact) mass is 486 g/mol. The van der Waals surface area contributed by atoms with Gasteiger partial charge in [0.1, 0.15) is 13.2 Å². The Balaban J connectivity index is 3.64. The topological polar surface area (TPSA) is 80.3 Å². The first-order chi connectivity index (χ1) is 14.0. The van der Waals surface area contributed by atoms with Crippen molar-refractivity contribution < 1.29 is 77.2 Å². The number of rotatable bonds is 14. The number of carbonyl (C=O) groups is 2. The van der Waals surface area contributed by atoms with Crippen LogP contribution in [0.4, 0.5) is 43.9 Å². The van der Waals surface area contributed by atoms with E-state index in [0.717, 1.165) is 0 Å². The summed E-state index contributed by atoms with van der Waals surface area (Å²) in [5, 5.41) is 0. The zero-order valence-corrected chi connectivity index (χ0v) is 15.3. The molecule has 0 spiro atoms. The molecular formula is C14H16F10O7. The van der Waals surface area contributed by atoms with Gasteiger partial charge < -0.3 is 23.7 Å². The van der Waals surface area contributed by atoms with Crippen molar-refractivity contribution in [2.45, 2.75) is 24.2 Å². The molecule has 0 radical (unpaired) electrons. The van der Waals surface area contributed by atoms with Crippen molar-refractivity contribution in [3.8, 4) is 0 Å². The molecule has 0 aliphatic heterocycles. The first-order valence-corrected chi connectivity index (χ1v) is 8.02. The molecule has 7 nitrogen and oxygen atoms in total. The molecule has 0 N–H and O–H groups in total. The summed E-state index contributed by atoms with van der Waals surface area (Å²) in [6, 6.07) is 0. The highest BCUT2D eigenvalue weighted by atomic mass is 19.4. The van der Waals surface area contributed by atoms with Crippen molar-refractivity contribution in [3.05, 3.63) is 0 Å². The third kappa shape index (κ3) is 9.86. The quantitative estimate of drug-likeness (QED) is 0.212. The summed E-state index contributed by atoms with van der Waals surface area (Å²) < 4.78 is 143. The molecule has 0 rings (SSSR count). The Morgan fingerprint density at radius 3 is 0.903 bits per heavy atom. The van der Waals surface area contributed by atoms with E-state index in [0.29, 0.717) is 0 Å². The van der Waals surface area contributed by atoms with E-state index >= 15 is 0 Å². The molecule has 0 bridgehead atoms. The maximum absolute atomic E-state index is 12.5. The van der Waals surface area contributed by atoms with Crippen LogP contribution in [0.3, 0.4) is 0 Å². The number of halogens is 10. The number of carbonyl (C=O) groups excluding carboxylic acids is 2. The Labute approximate surface area is 167 Å². The molecule has 0 aromatic heterocycles. The van der Waals surface area contributed by atoms with E-state index in [1.165, 1.54) is 0 Å². The van der Waals surface area contributed by atoms with E-state index in [-0.39, 0.29) is 26.4 Å². The first-order valence-electron chi connectivity index (χ1n) is 8.02. The van der Waals surface area contributed by atoms with Gasteiger partial charge in [-0.15, -0.1) is 0 Å². The molecule has 0 aliphatic rings. The van der Waals surface area contributed by atoms with Gasteiger partial charge in [0.2, 0.25) is 0 Å². The summed E-state index contributed by atoms with van der Waals surface area (Å²) in [6.07, 6.45) is -12.2. The fourth-order valence-corrected chi connectivity index (χ4v) is 1.34. The molecule has 0 saturated carbocycles. The van der Waals surface area contributed by atoms with Gasteiger partial charge in [0.05, 0.1) is 39.6 Å². The average Bonchev–Trinajstić information content (AvgIpc) is 2.62. The van der Waals surface area contributed by atoms with Gasteiger partial charge in [0.15, 0.2) is 0 Å². The highest BCUT2D eigenvalue weighted by Crippen LogP contribution is 2.37. The highest BCUT2D eigenvalue weighted by Gasteiger charge is 2.65. The third-order valence-corrected chi connectivity index (χ3v) is 2.89. The number of hydrogen-bond acceptors (Lipinski definition) is 7. The van der Waals surface area contributed by atoms with E-state index in [1.807, 2.05) is 0 Å². The maximum atomic E-state index is 12.5. The Morgan fingerprint density at radius 1 is 0.452 bits per heavy atom. The van der Waals surface area contributed by atoms with Gasteiger partial charge in [-0.1, -0.05) is 0 Å². The van der Waals surface area contributed by atoms with Crippen LogP contribution in [0.25, 0.3) is 0 Å². The van der Waals surface area contributed by atoms with Crippen molar-refractivity contribution in [3.63, 3.8) is 0 Å². The van der Waals surface area contributed by atoms with Gasteiger partial charge >= 0.3 is 36.1 Å². The van der Waals surface area contributed by atoms with Gasteiger partial charge in [-0.05, 0) is 0 Å². The summed E-state index contributed by atoms with van der Waals surface area (Å²) in [5.41, 5.74) is 0. The number of ether oxygens (including phenoxy) is 5. The molecule has 0 heterocycles. The van der Waals surface area contributed by atoms with Gasteiger partial charge in [0, 0.05) is 0 Å². The van der Waals surface area contributed by atoms with Crippen molar-refractivity contribution in [2.75, 3.05) is 52.9 Å². The minimum absolute atomic E-state index is 0.122.